The molecule has 23 heavy (non-hydrogen) atoms. The fraction of sp³-hybridized carbons (Fsp3) is 0.895. The van der Waals surface area contributed by atoms with Crippen LogP contribution in [0.4, 0.5) is 4.79 Å². The maximum atomic E-state index is 11.8. The molecule has 0 bridgehead atoms. The number of hydrogen-bond donors (Lipinski definition) is 1. The molecule has 0 saturated heterocycles. The number of quaternary nitrogens is 1. The van der Waals surface area contributed by atoms with Crippen molar-refractivity contribution in [3.05, 3.63) is 7.43 Å². The Kier molecular flexibility index (Phi) is 15.8. The van der Waals surface area contributed by atoms with E-state index in [4.69, 9.17) is 4.74 Å². The Hall–Kier alpha value is -0.770. The SMILES string of the molecule is CCCC[N+](CCCC)(CCCC)C(CCC)NC(=O)OC.[CH3-]. The topological polar surface area (TPSA) is 38.3 Å². The van der Waals surface area contributed by atoms with Crippen LogP contribution < -0.4 is 5.32 Å². The van der Waals surface area contributed by atoms with Crippen molar-refractivity contribution in [1.82, 2.24) is 5.32 Å². The predicted molar refractivity (Wildman–Crippen MR) is 100 cm³/mol. The summed E-state index contributed by atoms with van der Waals surface area (Å²) in [6, 6.07) is 0. The highest BCUT2D eigenvalue weighted by molar-refractivity contribution is 5.67. The van der Waals surface area contributed by atoms with Gasteiger partial charge in [0.1, 0.15) is 0 Å². The van der Waals surface area contributed by atoms with Crippen LogP contribution in [-0.4, -0.2) is 43.5 Å². The maximum Gasteiger partial charge on any atom is 0.411 e. The van der Waals surface area contributed by atoms with Crippen LogP contribution in [0, 0.1) is 7.43 Å². The Labute approximate surface area is 145 Å². The first-order valence-corrected chi connectivity index (χ1v) is 9.30. The molecular formula is C19H42N2O2. The zero-order chi connectivity index (χ0) is 16.8. The summed E-state index contributed by atoms with van der Waals surface area (Å²) >= 11 is 0. The number of methoxy groups -OCH3 is 1. The molecule has 0 aliphatic rings. The van der Waals surface area contributed by atoms with Gasteiger partial charge in [-0.05, 0) is 25.7 Å². The number of carbonyl (C=O) groups excluding carboxylic acids is 1. The molecule has 1 unspecified atom stereocenters. The monoisotopic (exact) mass is 330 g/mol. The van der Waals surface area contributed by atoms with E-state index in [9.17, 15) is 4.79 Å². The van der Waals surface area contributed by atoms with Crippen LogP contribution in [0.15, 0.2) is 0 Å². The van der Waals surface area contributed by atoms with Gasteiger partial charge in [-0.2, -0.15) is 0 Å². The summed E-state index contributed by atoms with van der Waals surface area (Å²) in [6.07, 6.45) is 9.27. The summed E-state index contributed by atoms with van der Waals surface area (Å²) in [5.74, 6) is 0. The Morgan fingerprint density at radius 3 is 1.65 bits per heavy atom. The minimum atomic E-state index is -0.287. The number of alkyl carbamates (subject to hydrolysis) is 1. The van der Waals surface area contributed by atoms with Gasteiger partial charge in [0, 0.05) is 6.42 Å². The average Bonchev–Trinajstić information content (AvgIpc) is 2.54. The van der Waals surface area contributed by atoms with Gasteiger partial charge in [0.15, 0.2) is 6.17 Å². The first kappa shape index (κ1) is 24.5. The van der Waals surface area contributed by atoms with E-state index in [2.05, 4.69) is 33.0 Å². The second-order valence-electron chi connectivity index (χ2n) is 6.39. The lowest BCUT2D eigenvalue weighted by Gasteiger charge is -2.45. The van der Waals surface area contributed by atoms with Crippen LogP contribution in [0.2, 0.25) is 0 Å². The minimum Gasteiger partial charge on any atom is -0.453 e. The molecule has 0 aliphatic heterocycles. The zero-order valence-electron chi connectivity index (χ0n) is 16.6. The molecule has 0 radical (unpaired) electrons. The molecule has 0 saturated carbocycles. The first-order valence-electron chi connectivity index (χ1n) is 9.30. The van der Waals surface area contributed by atoms with E-state index in [1.54, 1.807) is 0 Å². The molecule has 0 spiro atoms. The molecule has 0 aromatic heterocycles. The summed E-state index contributed by atoms with van der Waals surface area (Å²) in [6.45, 7) is 12.4. The summed E-state index contributed by atoms with van der Waals surface area (Å²) in [5, 5.41) is 3.15. The highest BCUT2D eigenvalue weighted by atomic mass is 16.5. The lowest BCUT2D eigenvalue weighted by atomic mass is 10.1. The third-order valence-electron chi connectivity index (χ3n) is 4.56. The molecule has 1 amide bonds. The second-order valence-corrected chi connectivity index (χ2v) is 6.39. The average molecular weight is 331 g/mol. The predicted octanol–water partition coefficient (Wildman–Crippen LogP) is 5.14. The van der Waals surface area contributed by atoms with Gasteiger partial charge in [-0.15, -0.1) is 0 Å². The van der Waals surface area contributed by atoms with E-state index < -0.39 is 0 Å². The molecule has 4 heteroatoms. The number of hydrogen-bond acceptors (Lipinski definition) is 2. The van der Waals surface area contributed by atoms with E-state index in [0.717, 1.165) is 37.0 Å². The smallest absolute Gasteiger partial charge is 0.411 e. The molecule has 1 N–H and O–H groups in total. The standard InChI is InChI=1S/C18H38N2O2.CH3/c1-6-10-14-20(15-11-7-2,16-12-8-3)17(13-9-4)19-18(21)22-5;/h17H,6-16H2,1-5H3;1H3/q;-1/p+1. The van der Waals surface area contributed by atoms with E-state index in [1.807, 2.05) is 0 Å². The highest BCUT2D eigenvalue weighted by Gasteiger charge is 2.36. The van der Waals surface area contributed by atoms with Crippen molar-refractivity contribution in [2.45, 2.75) is 85.2 Å². The quantitative estimate of drug-likeness (QED) is 0.288. The molecule has 0 aliphatic carbocycles. The van der Waals surface area contributed by atoms with Crippen molar-refractivity contribution >= 4 is 6.09 Å². The summed E-state index contributed by atoms with van der Waals surface area (Å²) < 4.78 is 5.90. The van der Waals surface area contributed by atoms with Crippen LogP contribution in [0.25, 0.3) is 0 Å². The molecule has 0 aromatic carbocycles. The molecule has 0 aromatic rings. The summed E-state index contributed by atoms with van der Waals surface area (Å²) in [5.41, 5.74) is 0. The molecule has 140 valence electrons. The summed E-state index contributed by atoms with van der Waals surface area (Å²) in [7, 11) is 1.46. The first-order chi connectivity index (χ1) is 10.6. The molecule has 0 heterocycles. The third kappa shape index (κ3) is 9.19. The van der Waals surface area contributed by atoms with E-state index in [1.165, 1.54) is 45.6 Å². The van der Waals surface area contributed by atoms with Crippen molar-refractivity contribution in [3.63, 3.8) is 0 Å². The van der Waals surface area contributed by atoms with Gasteiger partial charge in [-0.1, -0.05) is 47.0 Å². The van der Waals surface area contributed by atoms with Gasteiger partial charge in [-0.25, -0.2) is 4.79 Å². The van der Waals surface area contributed by atoms with Crippen molar-refractivity contribution < 1.29 is 14.0 Å². The largest absolute Gasteiger partial charge is 0.453 e. The van der Waals surface area contributed by atoms with Crippen LogP contribution in [0.5, 0.6) is 0 Å². The molecule has 0 fully saturated rings. The number of amides is 1. The van der Waals surface area contributed by atoms with Crippen LogP contribution >= 0.6 is 0 Å². The minimum absolute atomic E-state index is 0. The van der Waals surface area contributed by atoms with Crippen LogP contribution in [0.1, 0.15) is 79.1 Å². The van der Waals surface area contributed by atoms with Crippen molar-refractivity contribution in [1.29, 1.82) is 0 Å². The molecule has 4 nitrogen and oxygen atoms in total. The van der Waals surface area contributed by atoms with Gasteiger partial charge in [-0.3, -0.25) is 5.32 Å². The van der Waals surface area contributed by atoms with Gasteiger partial charge in [0.05, 0.1) is 26.7 Å². The highest BCUT2D eigenvalue weighted by Crippen LogP contribution is 2.22. The number of ether oxygens (including phenoxy) is 1. The van der Waals surface area contributed by atoms with E-state index >= 15 is 0 Å². The number of nitrogens with one attached hydrogen (secondary N) is 1. The lowest BCUT2D eigenvalue weighted by Crippen LogP contribution is -2.63. The zero-order valence-corrected chi connectivity index (χ0v) is 16.6. The Bertz CT molecular complexity index is 261. The fourth-order valence-corrected chi connectivity index (χ4v) is 3.17. The second kappa shape index (κ2) is 14.8. The Morgan fingerprint density at radius 2 is 1.35 bits per heavy atom. The molecule has 1 atom stereocenters. The van der Waals surface area contributed by atoms with Crippen molar-refractivity contribution in [2.24, 2.45) is 0 Å². The number of nitrogens with zero attached hydrogens (tertiary/aromatic N) is 1. The summed E-state index contributed by atoms with van der Waals surface area (Å²) in [4.78, 5) is 11.8. The van der Waals surface area contributed by atoms with Gasteiger partial charge >= 0.3 is 6.09 Å². The fourth-order valence-electron chi connectivity index (χ4n) is 3.17. The van der Waals surface area contributed by atoms with E-state index in [0.29, 0.717) is 0 Å². The number of unbranched alkanes of at least 4 members (excludes halogenated alkanes) is 3. The van der Waals surface area contributed by atoms with Gasteiger partial charge in [0.25, 0.3) is 0 Å². The number of rotatable bonds is 13. The van der Waals surface area contributed by atoms with Gasteiger partial charge < -0.3 is 16.6 Å². The number of carbonyl (C=O) groups is 1. The third-order valence-corrected chi connectivity index (χ3v) is 4.56. The lowest BCUT2D eigenvalue weighted by molar-refractivity contribution is -0.954. The maximum absolute atomic E-state index is 11.8. The van der Waals surface area contributed by atoms with E-state index in [-0.39, 0.29) is 19.7 Å². The molecule has 0 rings (SSSR count). The van der Waals surface area contributed by atoms with Crippen molar-refractivity contribution in [3.8, 4) is 0 Å². The van der Waals surface area contributed by atoms with Crippen LogP contribution in [0.3, 0.4) is 0 Å². The molecular weight excluding hydrogens is 288 g/mol. The Balaban J connectivity index is 0. The van der Waals surface area contributed by atoms with Crippen LogP contribution in [-0.2, 0) is 4.74 Å². The Morgan fingerprint density at radius 1 is 0.913 bits per heavy atom. The van der Waals surface area contributed by atoms with Crippen molar-refractivity contribution in [2.75, 3.05) is 26.7 Å². The van der Waals surface area contributed by atoms with Gasteiger partial charge in [0.2, 0.25) is 0 Å². The normalized spacial score (nSPS) is 12.4.